The van der Waals surface area contributed by atoms with Crippen LogP contribution in [0.25, 0.3) is 0 Å². The first-order valence-corrected chi connectivity index (χ1v) is 6.95. The molecule has 1 N–H and O–H groups in total. The van der Waals surface area contributed by atoms with Gasteiger partial charge in [0.05, 0.1) is 6.10 Å². The van der Waals surface area contributed by atoms with Crippen LogP contribution in [0.4, 0.5) is 0 Å². The first kappa shape index (κ1) is 14.0. The molecule has 0 amide bonds. The molecule has 2 nitrogen and oxygen atoms in total. The molecular formula is C14H29NO. The lowest BCUT2D eigenvalue weighted by atomic mass is 9.94. The van der Waals surface area contributed by atoms with Gasteiger partial charge in [0.25, 0.3) is 0 Å². The maximum Gasteiger partial charge on any atom is 0.0747 e. The van der Waals surface area contributed by atoms with Crippen molar-refractivity contribution >= 4 is 0 Å². The molecule has 16 heavy (non-hydrogen) atoms. The number of rotatable bonds is 9. The third kappa shape index (κ3) is 4.84. The van der Waals surface area contributed by atoms with Crippen molar-refractivity contribution < 1.29 is 4.74 Å². The van der Waals surface area contributed by atoms with E-state index in [0.717, 1.165) is 12.5 Å². The van der Waals surface area contributed by atoms with Crippen molar-refractivity contribution in [2.45, 2.75) is 65.0 Å². The fourth-order valence-electron chi connectivity index (χ4n) is 2.44. The van der Waals surface area contributed by atoms with Gasteiger partial charge in [-0.1, -0.05) is 33.6 Å². The normalized spacial score (nSPS) is 20.1. The molecule has 0 aliphatic heterocycles. The zero-order valence-corrected chi connectivity index (χ0v) is 11.5. The number of methoxy groups -OCH3 is 1. The Hall–Kier alpha value is -0.0800. The highest BCUT2D eigenvalue weighted by Crippen LogP contribution is 2.34. The van der Waals surface area contributed by atoms with Crippen LogP contribution in [0.1, 0.15) is 52.9 Å². The van der Waals surface area contributed by atoms with Gasteiger partial charge in [0.2, 0.25) is 0 Å². The molecular weight excluding hydrogens is 198 g/mol. The number of nitrogens with one attached hydrogen (secondary N) is 1. The van der Waals surface area contributed by atoms with E-state index in [4.69, 9.17) is 4.74 Å². The van der Waals surface area contributed by atoms with Gasteiger partial charge in [0, 0.05) is 13.2 Å². The van der Waals surface area contributed by atoms with E-state index in [9.17, 15) is 0 Å². The summed E-state index contributed by atoms with van der Waals surface area (Å²) in [7, 11) is 1.85. The van der Waals surface area contributed by atoms with Gasteiger partial charge in [-0.05, 0) is 37.6 Å². The van der Waals surface area contributed by atoms with E-state index in [1.54, 1.807) is 0 Å². The highest BCUT2D eigenvalue weighted by molar-refractivity contribution is 4.83. The van der Waals surface area contributed by atoms with Gasteiger partial charge >= 0.3 is 0 Å². The standard InChI is InChI=1S/C14H29NO/c1-5-10-15-13(9-8-12-6-7-12)14(16-4)11(2)3/h11-15H,5-10H2,1-4H3. The van der Waals surface area contributed by atoms with Crippen molar-refractivity contribution in [2.24, 2.45) is 11.8 Å². The van der Waals surface area contributed by atoms with Gasteiger partial charge in [-0.2, -0.15) is 0 Å². The molecule has 0 spiro atoms. The summed E-state index contributed by atoms with van der Waals surface area (Å²) in [6.07, 6.45) is 7.15. The molecule has 0 aromatic carbocycles. The summed E-state index contributed by atoms with van der Waals surface area (Å²) in [6.45, 7) is 7.85. The minimum absolute atomic E-state index is 0.366. The Labute approximate surface area is 101 Å². The Balaban J connectivity index is 2.38. The molecule has 0 radical (unpaired) electrons. The van der Waals surface area contributed by atoms with Crippen LogP contribution in [-0.2, 0) is 4.74 Å². The van der Waals surface area contributed by atoms with Crippen LogP contribution in [0.3, 0.4) is 0 Å². The van der Waals surface area contributed by atoms with Gasteiger partial charge in [-0.25, -0.2) is 0 Å². The second-order valence-electron chi connectivity index (χ2n) is 5.53. The minimum Gasteiger partial charge on any atom is -0.380 e. The minimum atomic E-state index is 0.366. The van der Waals surface area contributed by atoms with Crippen molar-refractivity contribution in [3.05, 3.63) is 0 Å². The molecule has 0 heterocycles. The summed E-state index contributed by atoms with van der Waals surface area (Å²) in [4.78, 5) is 0. The molecule has 0 bridgehead atoms. The second kappa shape index (κ2) is 7.29. The summed E-state index contributed by atoms with van der Waals surface area (Å²) >= 11 is 0. The summed E-state index contributed by atoms with van der Waals surface area (Å²) in [5.74, 6) is 1.62. The number of hydrogen-bond donors (Lipinski definition) is 1. The monoisotopic (exact) mass is 227 g/mol. The van der Waals surface area contributed by atoms with Crippen LogP contribution in [0, 0.1) is 11.8 Å². The quantitative estimate of drug-likeness (QED) is 0.653. The van der Waals surface area contributed by atoms with Crippen molar-refractivity contribution in [1.29, 1.82) is 0 Å². The highest BCUT2D eigenvalue weighted by Gasteiger charge is 2.27. The summed E-state index contributed by atoms with van der Waals surface area (Å²) in [6, 6.07) is 0.547. The molecule has 2 unspecified atom stereocenters. The zero-order valence-electron chi connectivity index (χ0n) is 11.5. The fraction of sp³-hybridized carbons (Fsp3) is 1.00. The molecule has 0 aromatic heterocycles. The molecule has 1 saturated carbocycles. The van der Waals surface area contributed by atoms with Crippen LogP contribution in [-0.4, -0.2) is 25.8 Å². The highest BCUT2D eigenvalue weighted by atomic mass is 16.5. The van der Waals surface area contributed by atoms with Crippen molar-refractivity contribution in [3.63, 3.8) is 0 Å². The van der Waals surface area contributed by atoms with Crippen LogP contribution < -0.4 is 5.32 Å². The van der Waals surface area contributed by atoms with E-state index in [0.29, 0.717) is 18.1 Å². The molecule has 2 heteroatoms. The van der Waals surface area contributed by atoms with Crippen molar-refractivity contribution in [1.82, 2.24) is 5.32 Å². The van der Waals surface area contributed by atoms with Gasteiger partial charge in [-0.15, -0.1) is 0 Å². The Morgan fingerprint density at radius 3 is 2.44 bits per heavy atom. The lowest BCUT2D eigenvalue weighted by molar-refractivity contribution is 0.0297. The summed E-state index contributed by atoms with van der Waals surface area (Å²) in [5.41, 5.74) is 0. The van der Waals surface area contributed by atoms with E-state index in [-0.39, 0.29) is 0 Å². The molecule has 0 saturated heterocycles. The maximum absolute atomic E-state index is 5.66. The van der Waals surface area contributed by atoms with Crippen molar-refractivity contribution in [2.75, 3.05) is 13.7 Å². The van der Waals surface area contributed by atoms with Gasteiger partial charge < -0.3 is 10.1 Å². The van der Waals surface area contributed by atoms with E-state index < -0.39 is 0 Å². The predicted molar refractivity (Wildman–Crippen MR) is 69.7 cm³/mol. The zero-order chi connectivity index (χ0) is 12.0. The number of ether oxygens (including phenoxy) is 1. The lowest BCUT2D eigenvalue weighted by Gasteiger charge is -2.30. The summed E-state index contributed by atoms with van der Waals surface area (Å²) in [5, 5.41) is 3.66. The van der Waals surface area contributed by atoms with E-state index in [2.05, 4.69) is 26.1 Å². The molecule has 1 aliphatic rings. The topological polar surface area (TPSA) is 21.3 Å². The molecule has 1 fully saturated rings. The second-order valence-corrected chi connectivity index (χ2v) is 5.53. The summed E-state index contributed by atoms with van der Waals surface area (Å²) < 4.78 is 5.66. The van der Waals surface area contributed by atoms with E-state index in [1.807, 2.05) is 7.11 Å². The van der Waals surface area contributed by atoms with Gasteiger partial charge in [0.1, 0.15) is 0 Å². The van der Waals surface area contributed by atoms with Gasteiger partial charge in [-0.3, -0.25) is 0 Å². The average molecular weight is 227 g/mol. The lowest BCUT2D eigenvalue weighted by Crippen LogP contribution is -2.44. The Morgan fingerprint density at radius 1 is 1.31 bits per heavy atom. The van der Waals surface area contributed by atoms with Gasteiger partial charge in [0.15, 0.2) is 0 Å². The third-order valence-electron chi connectivity index (χ3n) is 3.57. The van der Waals surface area contributed by atoms with Crippen LogP contribution in [0.5, 0.6) is 0 Å². The third-order valence-corrected chi connectivity index (χ3v) is 3.57. The Kier molecular flexibility index (Phi) is 6.37. The number of hydrogen-bond acceptors (Lipinski definition) is 2. The molecule has 96 valence electrons. The van der Waals surface area contributed by atoms with Crippen LogP contribution in [0.15, 0.2) is 0 Å². The van der Waals surface area contributed by atoms with Crippen LogP contribution >= 0.6 is 0 Å². The molecule has 1 aliphatic carbocycles. The maximum atomic E-state index is 5.66. The average Bonchev–Trinajstić information content (AvgIpc) is 3.05. The predicted octanol–water partition coefficient (Wildman–Crippen LogP) is 3.22. The Morgan fingerprint density at radius 2 is 2.00 bits per heavy atom. The fourth-order valence-corrected chi connectivity index (χ4v) is 2.44. The van der Waals surface area contributed by atoms with Crippen molar-refractivity contribution in [3.8, 4) is 0 Å². The van der Waals surface area contributed by atoms with Crippen LogP contribution in [0.2, 0.25) is 0 Å². The molecule has 2 atom stereocenters. The SMILES string of the molecule is CCCNC(CCC1CC1)C(OC)C(C)C. The molecule has 1 rings (SSSR count). The first-order chi connectivity index (χ1) is 7.69. The van der Waals surface area contributed by atoms with E-state index >= 15 is 0 Å². The smallest absolute Gasteiger partial charge is 0.0747 e. The largest absolute Gasteiger partial charge is 0.380 e. The molecule has 0 aromatic rings. The Bertz CT molecular complexity index is 178. The van der Waals surface area contributed by atoms with E-state index in [1.165, 1.54) is 32.1 Å². The first-order valence-electron chi connectivity index (χ1n) is 6.95.